The molecule has 182 valence electrons. The molecule has 1 aromatic heterocycles. The van der Waals surface area contributed by atoms with Crippen LogP contribution in [0.2, 0.25) is 0 Å². The summed E-state index contributed by atoms with van der Waals surface area (Å²) in [5, 5.41) is 0. The van der Waals surface area contributed by atoms with Gasteiger partial charge in [-0.2, -0.15) is 0 Å². The summed E-state index contributed by atoms with van der Waals surface area (Å²) in [6.45, 7) is 4.69. The lowest BCUT2D eigenvalue weighted by Crippen LogP contribution is -2.55. The number of rotatable bonds is 8. The number of ether oxygens (including phenoxy) is 5. The summed E-state index contributed by atoms with van der Waals surface area (Å²) in [5.41, 5.74) is 4.33. The predicted octanol–water partition coefficient (Wildman–Crippen LogP) is -1.88. The highest BCUT2D eigenvalue weighted by molar-refractivity contribution is 5.77. The minimum Gasteiger partial charge on any atom is -0.465 e. The number of H-pyrrole nitrogens is 1. The van der Waals surface area contributed by atoms with Crippen molar-refractivity contribution in [2.45, 2.75) is 64.4 Å². The van der Waals surface area contributed by atoms with Gasteiger partial charge in [0.25, 0.3) is 5.56 Å². The van der Waals surface area contributed by atoms with Gasteiger partial charge in [-0.05, 0) is 6.92 Å². The van der Waals surface area contributed by atoms with E-state index in [1.54, 1.807) is 0 Å². The van der Waals surface area contributed by atoms with E-state index in [4.69, 9.17) is 29.4 Å². The zero-order valence-electron chi connectivity index (χ0n) is 18.3. The first kappa shape index (κ1) is 25.7. The molecule has 0 radical (unpaired) electrons. The lowest BCUT2D eigenvalue weighted by molar-refractivity contribution is -0.175. The van der Waals surface area contributed by atoms with Crippen molar-refractivity contribution >= 4 is 23.9 Å². The second-order valence-corrected chi connectivity index (χ2v) is 7.01. The van der Waals surface area contributed by atoms with Crippen LogP contribution in [0.15, 0.2) is 21.9 Å². The number of carbonyl (C=O) groups is 4. The van der Waals surface area contributed by atoms with Crippen LogP contribution in [0.4, 0.5) is 0 Å². The molecule has 1 aliphatic rings. The Morgan fingerprint density at radius 1 is 1.09 bits per heavy atom. The molecule has 0 unspecified atom stereocenters. The minimum absolute atomic E-state index is 0.0241. The van der Waals surface area contributed by atoms with E-state index in [1.165, 1.54) is 6.92 Å². The Morgan fingerprint density at radius 3 is 2.21 bits per heavy atom. The average molecular weight is 471 g/mol. The topological polar surface area (TPSA) is 195 Å². The molecule has 1 saturated heterocycles. The number of hydrogen-bond donors (Lipinski definition) is 2. The van der Waals surface area contributed by atoms with Gasteiger partial charge in [-0.15, -0.1) is 0 Å². The molecule has 14 nitrogen and oxygen atoms in total. The molecular weight excluding hydrogens is 446 g/mol. The molecule has 0 bridgehead atoms. The van der Waals surface area contributed by atoms with Gasteiger partial charge in [-0.1, -0.05) is 0 Å². The fourth-order valence-corrected chi connectivity index (χ4v) is 3.33. The number of hydrogen-bond acceptors (Lipinski definition) is 12. The van der Waals surface area contributed by atoms with Crippen molar-refractivity contribution in [1.82, 2.24) is 9.55 Å². The van der Waals surface area contributed by atoms with Gasteiger partial charge in [-0.3, -0.25) is 33.5 Å². The maximum absolute atomic E-state index is 12.4. The first-order valence-corrected chi connectivity index (χ1v) is 9.87. The van der Waals surface area contributed by atoms with Gasteiger partial charge in [0.2, 0.25) is 0 Å². The highest BCUT2D eigenvalue weighted by Gasteiger charge is 2.56. The quantitative estimate of drug-likeness (QED) is 0.317. The van der Waals surface area contributed by atoms with E-state index in [9.17, 15) is 28.8 Å². The number of aromatic amines is 1. The average Bonchev–Trinajstić information content (AvgIpc) is 3.02. The van der Waals surface area contributed by atoms with Crippen molar-refractivity contribution in [1.29, 1.82) is 0 Å². The Balaban J connectivity index is 2.60. The zero-order valence-corrected chi connectivity index (χ0v) is 18.3. The van der Waals surface area contributed by atoms with Gasteiger partial charge >= 0.3 is 29.6 Å². The number of carbonyl (C=O) groups excluding carboxylic acids is 4. The third-order valence-corrected chi connectivity index (χ3v) is 4.49. The number of nitrogens with one attached hydrogen (secondary N) is 1. The van der Waals surface area contributed by atoms with Gasteiger partial charge in [-0.25, -0.2) is 4.79 Å². The molecule has 0 aromatic carbocycles. The van der Waals surface area contributed by atoms with Crippen LogP contribution in [-0.2, 0) is 42.9 Å². The summed E-state index contributed by atoms with van der Waals surface area (Å²) in [6.07, 6.45) is -6.30. The summed E-state index contributed by atoms with van der Waals surface area (Å²) in [4.78, 5) is 73.5. The van der Waals surface area contributed by atoms with Gasteiger partial charge in [0.15, 0.2) is 24.5 Å². The summed E-state index contributed by atoms with van der Waals surface area (Å²) in [5.74, 6) is -3.43. The fourth-order valence-electron chi connectivity index (χ4n) is 3.33. The molecular formula is C19H25N3O11. The summed E-state index contributed by atoms with van der Waals surface area (Å²) < 4.78 is 27.3. The molecule has 3 N–H and O–H groups in total. The predicted molar refractivity (Wildman–Crippen MR) is 107 cm³/mol. The van der Waals surface area contributed by atoms with E-state index in [-0.39, 0.29) is 6.61 Å². The summed E-state index contributed by atoms with van der Waals surface area (Å²) >= 11 is 0. The molecule has 0 aliphatic carbocycles. The second kappa shape index (κ2) is 10.9. The van der Waals surface area contributed by atoms with Gasteiger partial charge in [0, 0.05) is 33.0 Å². The Bertz CT molecular complexity index is 1020. The Morgan fingerprint density at radius 2 is 1.70 bits per heavy atom. The molecule has 2 rings (SSSR count). The van der Waals surface area contributed by atoms with E-state index in [0.717, 1.165) is 37.6 Å². The van der Waals surface area contributed by atoms with Crippen LogP contribution in [0.3, 0.4) is 0 Å². The van der Waals surface area contributed by atoms with Crippen LogP contribution < -0.4 is 17.0 Å². The third-order valence-electron chi connectivity index (χ3n) is 4.49. The number of nitrogens with zero attached hydrogens (tertiary/aromatic N) is 1. The van der Waals surface area contributed by atoms with E-state index in [2.05, 4.69) is 0 Å². The van der Waals surface area contributed by atoms with E-state index in [0.29, 0.717) is 0 Å². The van der Waals surface area contributed by atoms with Crippen LogP contribution in [0.1, 0.15) is 33.9 Å². The van der Waals surface area contributed by atoms with Crippen LogP contribution in [-0.4, -0.2) is 70.5 Å². The van der Waals surface area contributed by atoms with Crippen LogP contribution in [0.5, 0.6) is 0 Å². The third kappa shape index (κ3) is 6.26. The van der Waals surface area contributed by atoms with Crippen molar-refractivity contribution < 1.29 is 42.9 Å². The minimum atomic E-state index is -1.58. The summed E-state index contributed by atoms with van der Waals surface area (Å²) in [6, 6.07) is -0.571. The van der Waals surface area contributed by atoms with E-state index in [1.807, 2.05) is 4.98 Å². The Labute approximate surface area is 186 Å². The van der Waals surface area contributed by atoms with Crippen molar-refractivity contribution in [2.75, 3.05) is 6.61 Å². The van der Waals surface area contributed by atoms with Crippen molar-refractivity contribution in [3.05, 3.63) is 33.1 Å². The largest absolute Gasteiger partial charge is 0.465 e. The Hall–Kier alpha value is -3.52. The molecule has 2 heterocycles. The molecule has 6 atom stereocenters. The van der Waals surface area contributed by atoms with Crippen molar-refractivity contribution in [3.63, 3.8) is 0 Å². The highest BCUT2D eigenvalue weighted by Crippen LogP contribution is 2.36. The van der Waals surface area contributed by atoms with E-state index >= 15 is 0 Å². The number of nitrogens with two attached hydrogens (primary N) is 1. The lowest BCUT2D eigenvalue weighted by Gasteiger charge is -2.30. The first-order valence-electron chi connectivity index (χ1n) is 9.87. The normalized spacial score (nSPS) is 23.8. The highest BCUT2D eigenvalue weighted by atomic mass is 16.7. The van der Waals surface area contributed by atoms with Gasteiger partial charge < -0.3 is 29.4 Å². The number of esters is 4. The second-order valence-electron chi connectivity index (χ2n) is 7.01. The molecule has 14 heteroatoms. The van der Waals surface area contributed by atoms with Gasteiger partial charge in [0.1, 0.15) is 12.1 Å². The van der Waals surface area contributed by atoms with E-state index < -0.39 is 71.8 Å². The maximum atomic E-state index is 12.4. The standard InChI is InChI=1S/C19H25N3O11/c1-5-29-18(27)12(20)13(30-8(2)23)14-15(31-9(3)24)16(32-10(4)25)17(33-14)22-7-6-11(26)21-19(22)28/h6-7,12-17H,5,20H2,1-4H3,(H,21,26,28)/t12-,13-,14-,15-,16-,17+/m1/s1. The van der Waals surface area contributed by atoms with Crippen molar-refractivity contribution in [3.8, 4) is 0 Å². The number of aromatic nitrogens is 2. The molecule has 1 fully saturated rings. The molecule has 0 saturated carbocycles. The first-order chi connectivity index (χ1) is 15.5. The SMILES string of the molecule is CCOC(=O)[C@H](N)[C@@H](OC(C)=O)[C@H]1O[C@H](n2ccc(=O)[nH]c2=O)[C@H](OC(C)=O)[C@@H]1OC(C)=O. The van der Waals surface area contributed by atoms with Gasteiger partial charge in [0.05, 0.1) is 6.61 Å². The molecule has 33 heavy (non-hydrogen) atoms. The molecule has 0 amide bonds. The smallest absolute Gasteiger partial charge is 0.330 e. The molecule has 0 spiro atoms. The van der Waals surface area contributed by atoms with Crippen LogP contribution >= 0.6 is 0 Å². The van der Waals surface area contributed by atoms with Crippen LogP contribution in [0, 0.1) is 0 Å². The fraction of sp³-hybridized carbons (Fsp3) is 0.579. The lowest BCUT2D eigenvalue weighted by atomic mass is 9.99. The maximum Gasteiger partial charge on any atom is 0.330 e. The zero-order chi connectivity index (χ0) is 24.9. The molecule has 1 aliphatic heterocycles. The van der Waals surface area contributed by atoms with Crippen LogP contribution in [0.25, 0.3) is 0 Å². The summed E-state index contributed by atoms with van der Waals surface area (Å²) in [7, 11) is 0. The Kier molecular flexibility index (Phi) is 8.48. The van der Waals surface area contributed by atoms with Crippen molar-refractivity contribution in [2.24, 2.45) is 5.73 Å². The monoisotopic (exact) mass is 471 g/mol. The molecule has 1 aromatic rings.